The predicted octanol–water partition coefficient (Wildman–Crippen LogP) is 2.06. The van der Waals surface area contributed by atoms with E-state index in [1.54, 1.807) is 20.8 Å². The normalized spacial score (nSPS) is 14.1. The highest BCUT2D eigenvalue weighted by Crippen LogP contribution is 2.17. The average Bonchev–Trinajstić information content (AvgIpc) is 2.23. The van der Waals surface area contributed by atoms with Crippen molar-refractivity contribution in [2.24, 2.45) is 5.92 Å². The van der Waals surface area contributed by atoms with Gasteiger partial charge in [0, 0.05) is 6.42 Å². The summed E-state index contributed by atoms with van der Waals surface area (Å²) in [5.74, 6) is -1.26. The molecular weight excluding hydrogens is 246 g/mol. The molecule has 0 aromatic rings. The van der Waals surface area contributed by atoms with Crippen LogP contribution >= 0.6 is 0 Å². The van der Waals surface area contributed by atoms with Crippen molar-refractivity contribution in [3.05, 3.63) is 11.8 Å². The van der Waals surface area contributed by atoms with Crippen LogP contribution in [0.15, 0.2) is 11.8 Å². The second-order valence-electron chi connectivity index (χ2n) is 5.57. The third kappa shape index (κ3) is 9.25. The molecule has 0 aromatic carbocycles. The van der Waals surface area contributed by atoms with Gasteiger partial charge in [-0.1, -0.05) is 25.8 Å². The smallest absolute Gasteiger partial charge is 0.352 e. The molecule has 0 saturated carbocycles. The lowest BCUT2D eigenvalue weighted by molar-refractivity contribution is -0.134. The fourth-order valence-electron chi connectivity index (χ4n) is 1.75. The number of hydrogen-bond donors (Lipinski definition) is 3. The summed E-state index contributed by atoms with van der Waals surface area (Å²) in [6, 6.07) is 0. The molecule has 0 aliphatic heterocycles. The second-order valence-corrected chi connectivity index (χ2v) is 5.57. The zero-order valence-electron chi connectivity index (χ0n) is 12.2. The summed E-state index contributed by atoms with van der Waals surface area (Å²) < 4.78 is 0. The molecule has 0 heterocycles. The van der Waals surface area contributed by atoms with Crippen LogP contribution in [0.25, 0.3) is 0 Å². The number of hydrogen-bond acceptors (Lipinski definition) is 3. The lowest BCUT2D eigenvalue weighted by Gasteiger charge is -2.18. The second kappa shape index (κ2) is 7.94. The molecule has 1 amide bonds. The lowest BCUT2D eigenvalue weighted by atomic mass is 9.95. The van der Waals surface area contributed by atoms with Gasteiger partial charge >= 0.3 is 5.97 Å². The zero-order valence-corrected chi connectivity index (χ0v) is 12.2. The molecule has 0 aromatic heterocycles. The molecule has 1 atom stereocenters. The highest BCUT2D eigenvalue weighted by atomic mass is 16.4. The minimum Gasteiger partial charge on any atom is -0.477 e. The molecule has 0 radical (unpaired) electrons. The molecule has 0 saturated heterocycles. The Morgan fingerprint density at radius 3 is 2.37 bits per heavy atom. The van der Waals surface area contributed by atoms with Gasteiger partial charge in [0.05, 0.1) is 5.60 Å². The highest BCUT2D eigenvalue weighted by Gasteiger charge is 2.16. The minimum absolute atomic E-state index is 0.0892. The van der Waals surface area contributed by atoms with Gasteiger partial charge in [-0.25, -0.2) is 4.79 Å². The van der Waals surface area contributed by atoms with Gasteiger partial charge in [0.2, 0.25) is 5.91 Å². The van der Waals surface area contributed by atoms with Crippen molar-refractivity contribution in [1.29, 1.82) is 0 Å². The molecule has 3 N–H and O–H groups in total. The van der Waals surface area contributed by atoms with Crippen LogP contribution in [0.3, 0.4) is 0 Å². The van der Waals surface area contributed by atoms with Crippen LogP contribution in [0, 0.1) is 5.92 Å². The Kier molecular flexibility index (Phi) is 7.37. The van der Waals surface area contributed by atoms with E-state index in [1.165, 1.54) is 6.08 Å². The Labute approximate surface area is 114 Å². The van der Waals surface area contributed by atoms with Gasteiger partial charge in [0.1, 0.15) is 5.70 Å². The Balaban J connectivity index is 4.03. The largest absolute Gasteiger partial charge is 0.477 e. The van der Waals surface area contributed by atoms with Gasteiger partial charge in [-0.3, -0.25) is 4.79 Å². The molecule has 0 aliphatic carbocycles. The number of allylic oxidation sites excluding steroid dienone is 1. The third-order valence-electron chi connectivity index (χ3n) is 2.81. The van der Waals surface area contributed by atoms with Gasteiger partial charge in [0.25, 0.3) is 0 Å². The van der Waals surface area contributed by atoms with E-state index in [0.717, 1.165) is 12.8 Å². The fraction of sp³-hybridized carbons (Fsp3) is 0.714. The number of carbonyl (C=O) groups excluding carboxylic acids is 1. The van der Waals surface area contributed by atoms with Crippen molar-refractivity contribution >= 4 is 11.9 Å². The maximum Gasteiger partial charge on any atom is 0.352 e. The summed E-state index contributed by atoms with van der Waals surface area (Å²) in [5, 5.41) is 20.7. The number of aliphatic hydroxyl groups is 1. The molecule has 5 heteroatoms. The topological polar surface area (TPSA) is 86.6 Å². The van der Waals surface area contributed by atoms with E-state index in [1.807, 2.05) is 6.92 Å². The first-order valence-electron chi connectivity index (χ1n) is 6.57. The van der Waals surface area contributed by atoms with Crippen LogP contribution in [0.2, 0.25) is 0 Å². The van der Waals surface area contributed by atoms with E-state index in [4.69, 9.17) is 5.11 Å². The number of carbonyl (C=O) groups is 2. The van der Waals surface area contributed by atoms with Gasteiger partial charge in [-0.15, -0.1) is 0 Å². The summed E-state index contributed by atoms with van der Waals surface area (Å²) in [5.41, 5.74) is -0.766. The standard InChI is InChI=1S/C14H25NO4/c1-5-11(13(17)18)15-12(16)9-10(2)7-6-8-14(3,4)19/h5,10,19H,6-9H2,1-4H3,(H,15,16)(H,17,18)/b11-5-. The van der Waals surface area contributed by atoms with Crippen molar-refractivity contribution in [1.82, 2.24) is 5.32 Å². The van der Waals surface area contributed by atoms with Crippen molar-refractivity contribution in [3.63, 3.8) is 0 Å². The summed E-state index contributed by atoms with van der Waals surface area (Å²) in [7, 11) is 0. The zero-order chi connectivity index (χ0) is 15.1. The van der Waals surface area contributed by atoms with E-state index in [9.17, 15) is 14.7 Å². The SMILES string of the molecule is C/C=C(\NC(=O)CC(C)CCCC(C)(C)O)C(=O)O. The van der Waals surface area contributed by atoms with Gasteiger partial charge in [0.15, 0.2) is 0 Å². The summed E-state index contributed by atoms with van der Waals surface area (Å²) >= 11 is 0. The molecule has 0 aliphatic rings. The van der Waals surface area contributed by atoms with Crippen LogP contribution in [-0.4, -0.2) is 27.7 Å². The Bertz CT molecular complexity index is 342. The van der Waals surface area contributed by atoms with Crippen molar-refractivity contribution in [2.75, 3.05) is 0 Å². The number of carboxylic acid groups (broad SMARTS) is 1. The van der Waals surface area contributed by atoms with Crippen molar-refractivity contribution in [3.8, 4) is 0 Å². The van der Waals surface area contributed by atoms with E-state index in [2.05, 4.69) is 5.32 Å². The number of nitrogens with one attached hydrogen (secondary N) is 1. The fourth-order valence-corrected chi connectivity index (χ4v) is 1.75. The lowest BCUT2D eigenvalue weighted by Crippen LogP contribution is -2.28. The molecule has 110 valence electrons. The maximum atomic E-state index is 11.6. The minimum atomic E-state index is -1.13. The van der Waals surface area contributed by atoms with Crippen molar-refractivity contribution < 1.29 is 19.8 Å². The van der Waals surface area contributed by atoms with E-state index >= 15 is 0 Å². The molecular formula is C14H25NO4. The number of amides is 1. The van der Waals surface area contributed by atoms with Crippen LogP contribution < -0.4 is 5.32 Å². The Morgan fingerprint density at radius 1 is 1.37 bits per heavy atom. The molecule has 0 spiro atoms. The molecule has 19 heavy (non-hydrogen) atoms. The van der Waals surface area contributed by atoms with Crippen LogP contribution in [0.5, 0.6) is 0 Å². The van der Waals surface area contributed by atoms with Crippen LogP contribution in [-0.2, 0) is 9.59 Å². The molecule has 1 unspecified atom stereocenters. The summed E-state index contributed by atoms with van der Waals surface area (Å²) in [4.78, 5) is 22.3. The number of rotatable bonds is 8. The van der Waals surface area contributed by atoms with E-state index in [-0.39, 0.29) is 23.9 Å². The average molecular weight is 271 g/mol. The quantitative estimate of drug-likeness (QED) is 0.590. The molecule has 5 nitrogen and oxygen atoms in total. The summed E-state index contributed by atoms with van der Waals surface area (Å²) in [6.07, 6.45) is 4.01. The van der Waals surface area contributed by atoms with Crippen molar-refractivity contribution in [2.45, 2.75) is 59.0 Å². The van der Waals surface area contributed by atoms with Gasteiger partial charge < -0.3 is 15.5 Å². The van der Waals surface area contributed by atoms with E-state index < -0.39 is 11.6 Å². The predicted molar refractivity (Wildman–Crippen MR) is 73.5 cm³/mol. The Hall–Kier alpha value is -1.36. The molecule has 0 fully saturated rings. The first-order chi connectivity index (χ1) is 8.65. The first-order valence-corrected chi connectivity index (χ1v) is 6.57. The van der Waals surface area contributed by atoms with Crippen LogP contribution in [0.1, 0.15) is 53.4 Å². The maximum absolute atomic E-state index is 11.6. The van der Waals surface area contributed by atoms with Gasteiger partial charge in [-0.05, 0) is 33.1 Å². The van der Waals surface area contributed by atoms with E-state index in [0.29, 0.717) is 6.42 Å². The first kappa shape index (κ1) is 17.6. The highest BCUT2D eigenvalue weighted by molar-refractivity contribution is 5.92. The molecule has 0 rings (SSSR count). The summed E-state index contributed by atoms with van der Waals surface area (Å²) in [6.45, 7) is 7.03. The molecule has 0 bridgehead atoms. The van der Waals surface area contributed by atoms with Crippen LogP contribution in [0.4, 0.5) is 0 Å². The van der Waals surface area contributed by atoms with Gasteiger partial charge in [-0.2, -0.15) is 0 Å². The third-order valence-corrected chi connectivity index (χ3v) is 2.81. The monoisotopic (exact) mass is 271 g/mol. The Morgan fingerprint density at radius 2 is 1.95 bits per heavy atom. The number of aliphatic carboxylic acids is 1. The number of carboxylic acids is 1.